The van der Waals surface area contributed by atoms with Crippen LogP contribution in [0.25, 0.3) is 0 Å². The third-order valence-electron chi connectivity index (χ3n) is 5.01. The third-order valence-corrected chi connectivity index (χ3v) is 5.54. The van der Waals surface area contributed by atoms with Crippen molar-refractivity contribution in [3.05, 3.63) is 75.8 Å². The van der Waals surface area contributed by atoms with Gasteiger partial charge in [0.1, 0.15) is 0 Å². The zero-order chi connectivity index (χ0) is 16.7. The number of halogens is 1. The molecule has 1 heterocycles. The molecule has 4 rings (SSSR count). The van der Waals surface area contributed by atoms with Crippen molar-refractivity contribution < 1.29 is 9.53 Å². The summed E-state index contributed by atoms with van der Waals surface area (Å²) in [6.07, 6.45) is 5.57. The average molecular weight is 384 g/mol. The van der Waals surface area contributed by atoms with Gasteiger partial charge in [0, 0.05) is 16.1 Å². The molecule has 1 aliphatic heterocycles. The van der Waals surface area contributed by atoms with Crippen LogP contribution in [0.1, 0.15) is 39.9 Å². The van der Waals surface area contributed by atoms with E-state index in [1.54, 1.807) is 0 Å². The first kappa shape index (κ1) is 15.5. The van der Waals surface area contributed by atoms with E-state index >= 15 is 0 Å². The molecule has 0 unspecified atom stereocenters. The van der Waals surface area contributed by atoms with E-state index in [0.29, 0.717) is 17.4 Å². The van der Waals surface area contributed by atoms with Gasteiger partial charge in [-0.05, 0) is 53.8 Å². The Bertz CT molecular complexity index is 813. The molecular formula is C20H18BrNO2. The summed E-state index contributed by atoms with van der Waals surface area (Å²) in [6, 6.07) is 14.6. The van der Waals surface area contributed by atoms with Gasteiger partial charge >= 0.3 is 5.97 Å². The number of esters is 1. The van der Waals surface area contributed by atoms with E-state index in [4.69, 9.17) is 4.74 Å². The maximum absolute atomic E-state index is 11.8. The highest BCUT2D eigenvalue weighted by molar-refractivity contribution is 9.10. The third kappa shape index (κ3) is 2.55. The second kappa shape index (κ2) is 6.10. The number of anilines is 1. The normalized spacial score (nSPS) is 24.0. The molecule has 24 heavy (non-hydrogen) atoms. The van der Waals surface area contributed by atoms with Gasteiger partial charge in [0.05, 0.1) is 18.7 Å². The Morgan fingerprint density at radius 1 is 1.21 bits per heavy atom. The van der Waals surface area contributed by atoms with Gasteiger partial charge in [-0.2, -0.15) is 0 Å². The lowest BCUT2D eigenvalue weighted by Gasteiger charge is -2.37. The Morgan fingerprint density at radius 3 is 2.75 bits per heavy atom. The van der Waals surface area contributed by atoms with Crippen molar-refractivity contribution in [3.8, 4) is 0 Å². The van der Waals surface area contributed by atoms with Crippen LogP contribution in [0.5, 0.6) is 0 Å². The van der Waals surface area contributed by atoms with E-state index in [9.17, 15) is 4.79 Å². The molecule has 122 valence electrons. The molecule has 3 atom stereocenters. The summed E-state index contributed by atoms with van der Waals surface area (Å²) in [5.41, 5.74) is 4.19. The van der Waals surface area contributed by atoms with Crippen molar-refractivity contribution in [2.75, 3.05) is 12.4 Å². The number of fused-ring (bicyclic) bond motifs is 3. The molecule has 1 N–H and O–H groups in total. The second-order valence-electron chi connectivity index (χ2n) is 6.32. The van der Waals surface area contributed by atoms with Crippen LogP contribution in [0.2, 0.25) is 0 Å². The maximum Gasteiger partial charge on any atom is 0.337 e. The predicted molar refractivity (Wildman–Crippen MR) is 98.3 cm³/mol. The van der Waals surface area contributed by atoms with Crippen molar-refractivity contribution >= 4 is 27.6 Å². The zero-order valence-corrected chi connectivity index (χ0v) is 14.9. The number of allylic oxidation sites excluding steroid dienone is 2. The van der Waals surface area contributed by atoms with E-state index < -0.39 is 0 Å². The molecule has 0 amide bonds. The van der Waals surface area contributed by atoms with Crippen LogP contribution in [-0.4, -0.2) is 13.1 Å². The molecule has 3 nitrogen and oxygen atoms in total. The first-order chi connectivity index (χ1) is 11.7. The van der Waals surface area contributed by atoms with Crippen molar-refractivity contribution in [1.82, 2.24) is 0 Å². The fourth-order valence-electron chi connectivity index (χ4n) is 3.84. The quantitative estimate of drug-likeness (QED) is 0.581. The minimum Gasteiger partial charge on any atom is -0.465 e. The standard InChI is InChI=1S/C20H18BrNO2/c1-24-20(23)13-7-10-18-17(11-13)15-3-2-4-16(15)19(22-18)12-5-8-14(21)9-6-12/h2-3,5-11,15-16,19,22H,4H2,1H3/t15-,16+,19-/m1/s1. The first-order valence-electron chi connectivity index (χ1n) is 8.08. The summed E-state index contributed by atoms with van der Waals surface area (Å²) in [5.74, 6) is 0.512. The van der Waals surface area contributed by atoms with Gasteiger partial charge in [0.15, 0.2) is 0 Å². The van der Waals surface area contributed by atoms with Crippen LogP contribution in [0.15, 0.2) is 59.1 Å². The maximum atomic E-state index is 11.8. The van der Waals surface area contributed by atoms with Gasteiger partial charge < -0.3 is 10.1 Å². The molecule has 1 aliphatic carbocycles. The number of nitrogens with one attached hydrogen (secondary N) is 1. The highest BCUT2D eigenvalue weighted by Crippen LogP contribution is 2.50. The summed E-state index contributed by atoms with van der Waals surface area (Å²) >= 11 is 3.50. The van der Waals surface area contributed by atoms with E-state index in [0.717, 1.165) is 16.6 Å². The number of ether oxygens (including phenoxy) is 1. The Morgan fingerprint density at radius 2 is 2.00 bits per heavy atom. The first-order valence-corrected chi connectivity index (χ1v) is 8.87. The van der Waals surface area contributed by atoms with Gasteiger partial charge in [-0.25, -0.2) is 4.79 Å². The average Bonchev–Trinajstić information content (AvgIpc) is 3.11. The van der Waals surface area contributed by atoms with Gasteiger partial charge in [-0.3, -0.25) is 0 Å². The molecule has 0 bridgehead atoms. The highest BCUT2D eigenvalue weighted by atomic mass is 79.9. The molecule has 2 aromatic carbocycles. The highest BCUT2D eigenvalue weighted by Gasteiger charge is 2.38. The van der Waals surface area contributed by atoms with E-state index in [1.165, 1.54) is 18.2 Å². The number of rotatable bonds is 2. The van der Waals surface area contributed by atoms with Crippen LogP contribution in [0.3, 0.4) is 0 Å². The molecule has 0 fully saturated rings. The van der Waals surface area contributed by atoms with Crippen molar-refractivity contribution in [1.29, 1.82) is 0 Å². The van der Waals surface area contributed by atoms with Crippen LogP contribution >= 0.6 is 15.9 Å². The fourth-order valence-corrected chi connectivity index (χ4v) is 4.10. The Hall–Kier alpha value is -2.07. The number of benzene rings is 2. The largest absolute Gasteiger partial charge is 0.465 e. The summed E-state index contributed by atoms with van der Waals surface area (Å²) in [7, 11) is 1.42. The zero-order valence-electron chi connectivity index (χ0n) is 13.3. The molecule has 4 heteroatoms. The number of hydrogen-bond donors (Lipinski definition) is 1. The minimum absolute atomic E-state index is 0.273. The van der Waals surface area contributed by atoms with E-state index in [1.807, 2.05) is 18.2 Å². The Kier molecular flexibility index (Phi) is 3.93. The van der Waals surface area contributed by atoms with Crippen molar-refractivity contribution in [3.63, 3.8) is 0 Å². The molecule has 0 spiro atoms. The molecule has 0 saturated carbocycles. The lowest BCUT2D eigenvalue weighted by atomic mass is 9.76. The van der Waals surface area contributed by atoms with E-state index in [2.05, 4.69) is 57.7 Å². The molecule has 0 radical (unpaired) electrons. The van der Waals surface area contributed by atoms with Crippen LogP contribution < -0.4 is 5.32 Å². The fraction of sp³-hybridized carbons (Fsp3) is 0.250. The minimum atomic E-state index is -0.286. The van der Waals surface area contributed by atoms with Gasteiger partial charge in [0.25, 0.3) is 0 Å². The van der Waals surface area contributed by atoms with Gasteiger partial charge in [-0.1, -0.05) is 40.2 Å². The summed E-state index contributed by atoms with van der Waals surface area (Å²) in [6.45, 7) is 0. The lowest BCUT2D eigenvalue weighted by molar-refractivity contribution is 0.0600. The Labute approximate surface area is 149 Å². The smallest absolute Gasteiger partial charge is 0.337 e. The number of methoxy groups -OCH3 is 1. The summed E-state index contributed by atoms with van der Waals surface area (Å²) in [5, 5.41) is 3.68. The number of hydrogen-bond acceptors (Lipinski definition) is 3. The van der Waals surface area contributed by atoms with E-state index in [-0.39, 0.29) is 12.0 Å². The molecule has 2 aromatic rings. The molecule has 0 saturated heterocycles. The molecule has 2 aliphatic rings. The molecule has 0 aromatic heterocycles. The van der Waals surface area contributed by atoms with Crippen molar-refractivity contribution in [2.45, 2.75) is 18.4 Å². The van der Waals surface area contributed by atoms with Crippen LogP contribution in [0, 0.1) is 5.92 Å². The predicted octanol–water partition coefficient (Wildman–Crippen LogP) is 5.06. The number of carbonyl (C=O) groups excluding carboxylic acids is 1. The van der Waals surface area contributed by atoms with Gasteiger partial charge in [-0.15, -0.1) is 0 Å². The molecular weight excluding hydrogens is 366 g/mol. The van der Waals surface area contributed by atoms with Crippen LogP contribution in [-0.2, 0) is 4.74 Å². The van der Waals surface area contributed by atoms with Crippen LogP contribution in [0.4, 0.5) is 5.69 Å². The number of carbonyl (C=O) groups is 1. The Balaban J connectivity index is 1.74. The lowest BCUT2D eigenvalue weighted by Crippen LogP contribution is -2.29. The van der Waals surface area contributed by atoms with Crippen molar-refractivity contribution in [2.24, 2.45) is 5.92 Å². The SMILES string of the molecule is COC(=O)c1ccc2c(c1)[C@@H]1C=CC[C@@H]1[C@@H](c1ccc(Br)cc1)N2. The monoisotopic (exact) mass is 383 g/mol. The second-order valence-corrected chi connectivity index (χ2v) is 7.24. The van der Waals surface area contributed by atoms with Gasteiger partial charge in [0.2, 0.25) is 0 Å². The summed E-state index contributed by atoms with van der Waals surface area (Å²) < 4.78 is 5.95. The topological polar surface area (TPSA) is 38.3 Å². The summed E-state index contributed by atoms with van der Waals surface area (Å²) in [4.78, 5) is 11.8.